The summed E-state index contributed by atoms with van der Waals surface area (Å²) >= 11 is 0. The lowest BCUT2D eigenvalue weighted by Crippen LogP contribution is -2.50. The summed E-state index contributed by atoms with van der Waals surface area (Å²) < 4.78 is 35.3. The van der Waals surface area contributed by atoms with Crippen LogP contribution >= 0.6 is 0 Å². The molecule has 0 saturated heterocycles. The van der Waals surface area contributed by atoms with Gasteiger partial charge in [0.25, 0.3) is 15.9 Å². The zero-order chi connectivity index (χ0) is 29.0. The van der Waals surface area contributed by atoms with E-state index in [1.54, 1.807) is 41.6 Å². The zero-order valence-electron chi connectivity index (χ0n) is 23.5. The number of nitrogens with zero attached hydrogens (tertiary/aromatic N) is 4. The molecule has 0 radical (unpaired) electrons. The number of carbonyl (C=O) groups excluding carboxylic acids is 2. The molecule has 3 N–H and O–H groups in total. The molecule has 12 nitrogen and oxygen atoms in total. The van der Waals surface area contributed by atoms with Crippen LogP contribution in [0.1, 0.15) is 56.3 Å². The van der Waals surface area contributed by atoms with E-state index in [-0.39, 0.29) is 59.9 Å². The number of imidazole rings is 1. The fourth-order valence-corrected chi connectivity index (χ4v) is 6.29. The molecule has 2 heterocycles. The number of anilines is 1. The Morgan fingerprint density at radius 3 is 2.65 bits per heavy atom. The minimum absolute atomic E-state index is 0.0127. The van der Waals surface area contributed by atoms with Crippen molar-refractivity contribution >= 4 is 27.6 Å². The van der Waals surface area contributed by atoms with E-state index in [4.69, 9.17) is 4.74 Å². The summed E-state index contributed by atoms with van der Waals surface area (Å²) in [6, 6.07) is 4.15. The third-order valence-corrected chi connectivity index (χ3v) is 9.37. The van der Waals surface area contributed by atoms with Gasteiger partial charge in [-0.25, -0.2) is 18.2 Å². The van der Waals surface area contributed by atoms with Crippen molar-refractivity contribution in [3.05, 3.63) is 36.3 Å². The van der Waals surface area contributed by atoms with Gasteiger partial charge in [0.2, 0.25) is 0 Å². The number of ether oxygens (including phenoxy) is 1. The summed E-state index contributed by atoms with van der Waals surface area (Å²) in [6.45, 7) is 3.64. The number of amides is 3. The zero-order valence-corrected chi connectivity index (χ0v) is 24.4. The highest BCUT2D eigenvalue weighted by Crippen LogP contribution is 2.31. The van der Waals surface area contributed by atoms with Crippen molar-refractivity contribution in [2.75, 3.05) is 32.1 Å². The van der Waals surface area contributed by atoms with Gasteiger partial charge in [0.1, 0.15) is 11.9 Å². The lowest BCUT2D eigenvalue weighted by Gasteiger charge is -2.38. The Morgan fingerprint density at radius 2 is 2.00 bits per heavy atom. The van der Waals surface area contributed by atoms with Crippen LogP contribution in [0, 0.1) is 5.92 Å². The van der Waals surface area contributed by atoms with Crippen molar-refractivity contribution in [1.29, 1.82) is 0 Å². The smallest absolute Gasteiger partial charge is 0.319 e. The van der Waals surface area contributed by atoms with E-state index in [2.05, 4.69) is 15.6 Å². The number of nitrogens with one attached hydrogen (secondary N) is 2. The number of aromatic nitrogens is 2. The van der Waals surface area contributed by atoms with E-state index in [1.165, 1.54) is 30.3 Å². The van der Waals surface area contributed by atoms with Gasteiger partial charge in [-0.15, -0.1) is 0 Å². The largest absolute Gasteiger partial charge is 0.488 e. The molecular weight excluding hydrogens is 536 g/mol. The minimum Gasteiger partial charge on any atom is -0.488 e. The van der Waals surface area contributed by atoms with Crippen molar-refractivity contribution in [2.24, 2.45) is 13.0 Å². The van der Waals surface area contributed by atoms with Gasteiger partial charge in [-0.1, -0.05) is 26.2 Å². The second-order valence-electron chi connectivity index (χ2n) is 10.9. The van der Waals surface area contributed by atoms with E-state index in [1.807, 2.05) is 6.92 Å². The average molecular weight is 577 g/mol. The Hall–Kier alpha value is -3.16. The highest BCUT2D eigenvalue weighted by Gasteiger charge is 2.36. The van der Waals surface area contributed by atoms with E-state index in [0.717, 1.165) is 25.7 Å². The van der Waals surface area contributed by atoms with E-state index in [9.17, 15) is 23.1 Å². The second-order valence-corrected chi connectivity index (χ2v) is 12.9. The van der Waals surface area contributed by atoms with Gasteiger partial charge < -0.3 is 29.9 Å². The summed E-state index contributed by atoms with van der Waals surface area (Å²) in [7, 11) is -0.708. The predicted molar refractivity (Wildman–Crippen MR) is 150 cm³/mol. The first-order valence-corrected chi connectivity index (χ1v) is 15.2. The number of carbonyl (C=O) groups is 2. The third-order valence-electron chi connectivity index (χ3n) is 7.66. The molecule has 0 unspecified atom stereocenters. The summed E-state index contributed by atoms with van der Waals surface area (Å²) in [6.07, 6.45) is 7.50. The highest BCUT2D eigenvalue weighted by atomic mass is 32.2. The number of benzene rings is 1. The van der Waals surface area contributed by atoms with Gasteiger partial charge >= 0.3 is 6.03 Å². The van der Waals surface area contributed by atoms with E-state index < -0.39 is 22.2 Å². The predicted octanol–water partition coefficient (Wildman–Crippen LogP) is 2.42. The van der Waals surface area contributed by atoms with Gasteiger partial charge in [-0.3, -0.25) is 4.79 Å². The molecule has 1 fully saturated rings. The maximum absolute atomic E-state index is 13.7. The molecule has 0 spiro atoms. The Balaban J connectivity index is 1.59. The number of urea groups is 1. The third kappa shape index (κ3) is 6.76. The molecule has 1 aliphatic carbocycles. The number of hydrogen-bond donors (Lipinski definition) is 3. The topological polar surface area (TPSA) is 146 Å². The Morgan fingerprint density at radius 1 is 1.27 bits per heavy atom. The molecule has 2 aliphatic rings. The summed E-state index contributed by atoms with van der Waals surface area (Å²) in [5.74, 6) is -0.335. The van der Waals surface area contributed by atoms with Crippen molar-refractivity contribution in [3.8, 4) is 5.75 Å². The number of aliphatic hydroxyl groups is 1. The average Bonchev–Trinajstić information content (AvgIpc) is 3.38. The molecule has 1 aromatic carbocycles. The normalized spacial score (nSPS) is 21.2. The van der Waals surface area contributed by atoms with Crippen LogP contribution in [-0.4, -0.2) is 89.2 Å². The standard InChI is InChI=1S/C27H40N6O6S/c1-18-13-33(19(2)16-34)26(35)22-12-21(30-27(36)29-20-8-6-5-7-9-20)10-11-23(22)39-24(18)14-32(4)40(37,38)25-15-31(3)17-28-25/h10-12,15,17-20,24,34H,5-9,13-14,16H2,1-4H3,(H2,29,30,36)/t18-,19-,24+/m1/s1. The molecule has 13 heteroatoms. The lowest BCUT2D eigenvalue weighted by atomic mass is 9.96. The van der Waals surface area contributed by atoms with Crippen molar-refractivity contribution < 1.29 is 27.9 Å². The van der Waals surface area contributed by atoms with Crippen LogP contribution in [0.4, 0.5) is 10.5 Å². The van der Waals surface area contributed by atoms with Crippen LogP contribution in [-0.2, 0) is 17.1 Å². The first-order chi connectivity index (χ1) is 19.0. The van der Waals surface area contributed by atoms with Crippen LogP contribution in [0.3, 0.4) is 0 Å². The quantitative estimate of drug-likeness (QED) is 0.437. The molecule has 1 aromatic heterocycles. The molecule has 220 valence electrons. The van der Waals surface area contributed by atoms with Gasteiger partial charge in [0, 0.05) is 44.5 Å². The maximum Gasteiger partial charge on any atom is 0.319 e. The SMILES string of the molecule is C[C@@H]1CN([C@H](C)CO)C(=O)c2cc(NC(=O)NC3CCCCC3)ccc2O[C@H]1CN(C)S(=O)(=O)c1cn(C)cn1. The molecule has 1 aliphatic heterocycles. The molecule has 3 atom stereocenters. The van der Waals surface area contributed by atoms with Gasteiger partial charge in [0.05, 0.1) is 31.1 Å². The Bertz CT molecular complexity index is 1310. The second kappa shape index (κ2) is 12.6. The number of hydrogen-bond acceptors (Lipinski definition) is 7. The molecule has 0 bridgehead atoms. The summed E-state index contributed by atoms with van der Waals surface area (Å²) in [5.41, 5.74) is 0.656. The first kappa shape index (κ1) is 29.8. The monoisotopic (exact) mass is 576 g/mol. The van der Waals surface area contributed by atoms with Crippen LogP contribution < -0.4 is 15.4 Å². The molecule has 4 rings (SSSR count). The Kier molecular flexibility index (Phi) is 9.37. The lowest BCUT2D eigenvalue weighted by molar-refractivity contribution is 0.0387. The van der Waals surface area contributed by atoms with Gasteiger partial charge in [-0.05, 0) is 38.0 Å². The molecule has 1 saturated carbocycles. The van der Waals surface area contributed by atoms with Gasteiger partial charge in [-0.2, -0.15) is 4.31 Å². The number of likely N-dealkylation sites (N-methyl/N-ethyl adjacent to an activating group) is 1. The fourth-order valence-electron chi connectivity index (χ4n) is 5.15. The molecular formula is C27H40N6O6S. The van der Waals surface area contributed by atoms with E-state index in [0.29, 0.717) is 5.69 Å². The summed E-state index contributed by atoms with van der Waals surface area (Å²) in [5, 5.41) is 15.7. The number of aliphatic hydroxyl groups excluding tert-OH is 1. The van der Waals surface area contributed by atoms with Crippen LogP contribution in [0.2, 0.25) is 0 Å². The van der Waals surface area contributed by atoms with Crippen LogP contribution in [0.15, 0.2) is 35.7 Å². The number of fused-ring (bicyclic) bond motifs is 1. The molecule has 2 aromatic rings. The van der Waals surface area contributed by atoms with Gasteiger partial charge in [0.15, 0.2) is 5.03 Å². The highest BCUT2D eigenvalue weighted by molar-refractivity contribution is 7.89. The first-order valence-electron chi connectivity index (χ1n) is 13.7. The van der Waals surface area contributed by atoms with Crippen molar-refractivity contribution in [1.82, 2.24) is 24.1 Å². The van der Waals surface area contributed by atoms with Crippen LogP contribution in [0.5, 0.6) is 5.75 Å². The minimum atomic E-state index is -3.87. The Labute approximate surface area is 235 Å². The number of rotatable bonds is 8. The number of aryl methyl sites for hydroxylation is 1. The summed E-state index contributed by atoms with van der Waals surface area (Å²) in [4.78, 5) is 31.9. The number of sulfonamides is 1. The van der Waals surface area contributed by atoms with Crippen molar-refractivity contribution in [2.45, 2.75) is 69.2 Å². The maximum atomic E-state index is 13.7. The molecule has 3 amide bonds. The van der Waals surface area contributed by atoms with Crippen molar-refractivity contribution in [3.63, 3.8) is 0 Å². The van der Waals surface area contributed by atoms with E-state index >= 15 is 0 Å². The van der Waals surface area contributed by atoms with Crippen LogP contribution in [0.25, 0.3) is 0 Å². The fraction of sp³-hybridized carbons (Fsp3) is 0.593. The molecule has 40 heavy (non-hydrogen) atoms.